The largest absolute Gasteiger partial charge is 0.312 e. The Morgan fingerprint density at radius 2 is 2.06 bits per heavy atom. The molecular formula is C12H22N2O2S2. The van der Waals surface area contributed by atoms with E-state index in [0.29, 0.717) is 18.0 Å². The number of nitrogens with zero attached hydrogens (tertiary/aromatic N) is 1. The van der Waals surface area contributed by atoms with Crippen molar-refractivity contribution in [3.05, 3.63) is 16.3 Å². The van der Waals surface area contributed by atoms with Crippen LogP contribution in [0.3, 0.4) is 0 Å². The van der Waals surface area contributed by atoms with Gasteiger partial charge in [-0.2, -0.15) is 0 Å². The summed E-state index contributed by atoms with van der Waals surface area (Å²) in [5.74, 6) is 0. The van der Waals surface area contributed by atoms with Crippen molar-refractivity contribution >= 4 is 21.4 Å². The van der Waals surface area contributed by atoms with Crippen molar-refractivity contribution in [3.63, 3.8) is 0 Å². The summed E-state index contributed by atoms with van der Waals surface area (Å²) < 4.78 is 26.1. The van der Waals surface area contributed by atoms with Crippen LogP contribution in [0, 0.1) is 0 Å². The molecule has 6 heteroatoms. The van der Waals surface area contributed by atoms with Crippen LogP contribution >= 0.6 is 11.3 Å². The van der Waals surface area contributed by atoms with Gasteiger partial charge in [-0.3, -0.25) is 0 Å². The molecule has 0 bridgehead atoms. The number of hydrogen-bond acceptors (Lipinski definition) is 4. The van der Waals surface area contributed by atoms with Gasteiger partial charge in [0.2, 0.25) is 10.0 Å². The molecule has 0 aliphatic heterocycles. The maximum atomic E-state index is 12.3. The molecule has 1 aromatic rings. The van der Waals surface area contributed by atoms with Gasteiger partial charge in [-0.25, -0.2) is 12.7 Å². The van der Waals surface area contributed by atoms with E-state index in [1.807, 2.05) is 12.3 Å². The first-order valence-electron chi connectivity index (χ1n) is 6.27. The van der Waals surface area contributed by atoms with E-state index in [9.17, 15) is 8.42 Å². The van der Waals surface area contributed by atoms with Gasteiger partial charge in [-0.15, -0.1) is 11.3 Å². The van der Waals surface area contributed by atoms with Crippen molar-refractivity contribution in [2.24, 2.45) is 0 Å². The van der Waals surface area contributed by atoms with Gasteiger partial charge in [0, 0.05) is 25.0 Å². The molecule has 1 N–H and O–H groups in total. The first-order valence-corrected chi connectivity index (χ1v) is 8.59. The highest BCUT2D eigenvalue weighted by Gasteiger charge is 2.23. The van der Waals surface area contributed by atoms with Crippen LogP contribution in [0.2, 0.25) is 0 Å². The van der Waals surface area contributed by atoms with E-state index < -0.39 is 10.0 Å². The molecule has 0 radical (unpaired) electrons. The third-order valence-electron chi connectivity index (χ3n) is 2.64. The van der Waals surface area contributed by atoms with E-state index in [-0.39, 0.29) is 0 Å². The number of hydrogen-bond donors (Lipinski definition) is 1. The zero-order valence-electron chi connectivity index (χ0n) is 11.3. The van der Waals surface area contributed by atoms with E-state index in [2.05, 4.69) is 12.2 Å². The van der Waals surface area contributed by atoms with Gasteiger partial charge in [0.05, 0.1) is 4.90 Å². The lowest BCUT2D eigenvalue weighted by atomic mass is 10.4. The lowest BCUT2D eigenvalue weighted by molar-refractivity contribution is 0.467. The third kappa shape index (κ3) is 3.78. The average Bonchev–Trinajstić information content (AvgIpc) is 2.78. The number of sulfonamides is 1. The molecule has 0 aliphatic rings. The van der Waals surface area contributed by atoms with Crippen molar-refractivity contribution in [3.8, 4) is 0 Å². The summed E-state index contributed by atoms with van der Waals surface area (Å²) in [6.45, 7) is 6.15. The quantitative estimate of drug-likeness (QED) is 0.747. The minimum absolute atomic E-state index is 0.451. The summed E-state index contributed by atoms with van der Waals surface area (Å²) in [6.07, 6.45) is 1.87. The molecule has 1 rings (SSSR count). The Morgan fingerprint density at radius 3 is 2.67 bits per heavy atom. The second kappa shape index (κ2) is 7.23. The van der Waals surface area contributed by atoms with Crippen LogP contribution in [-0.2, 0) is 16.6 Å². The van der Waals surface area contributed by atoms with E-state index in [0.717, 1.165) is 24.3 Å². The molecule has 18 heavy (non-hydrogen) atoms. The van der Waals surface area contributed by atoms with Crippen molar-refractivity contribution in [2.75, 3.05) is 20.1 Å². The van der Waals surface area contributed by atoms with Gasteiger partial charge in [0.25, 0.3) is 0 Å². The lowest BCUT2D eigenvalue weighted by Crippen LogP contribution is -2.28. The molecule has 0 saturated carbocycles. The van der Waals surface area contributed by atoms with Gasteiger partial charge in [-0.05, 0) is 30.8 Å². The number of thiophene rings is 1. The van der Waals surface area contributed by atoms with Gasteiger partial charge >= 0.3 is 0 Å². The predicted octanol–water partition coefficient (Wildman–Crippen LogP) is 2.28. The highest BCUT2D eigenvalue weighted by Crippen LogP contribution is 2.24. The highest BCUT2D eigenvalue weighted by molar-refractivity contribution is 7.89. The molecule has 1 aromatic heterocycles. The van der Waals surface area contributed by atoms with Crippen molar-refractivity contribution < 1.29 is 8.42 Å². The lowest BCUT2D eigenvalue weighted by Gasteiger charge is -2.16. The summed E-state index contributed by atoms with van der Waals surface area (Å²) in [5, 5.41) is 5.09. The highest BCUT2D eigenvalue weighted by atomic mass is 32.2. The maximum absolute atomic E-state index is 12.3. The molecule has 0 aromatic carbocycles. The molecule has 0 saturated heterocycles. The van der Waals surface area contributed by atoms with Crippen molar-refractivity contribution in [1.29, 1.82) is 0 Å². The molecule has 0 fully saturated rings. The minimum atomic E-state index is -3.32. The van der Waals surface area contributed by atoms with Crippen LogP contribution < -0.4 is 5.32 Å². The van der Waals surface area contributed by atoms with Crippen LogP contribution in [-0.4, -0.2) is 32.9 Å². The molecule has 0 unspecified atom stereocenters. The molecular weight excluding hydrogens is 268 g/mol. The average molecular weight is 290 g/mol. The zero-order chi connectivity index (χ0) is 13.6. The fourth-order valence-electron chi connectivity index (χ4n) is 1.67. The Balaban J connectivity index is 2.85. The van der Waals surface area contributed by atoms with E-state index >= 15 is 0 Å². The van der Waals surface area contributed by atoms with Crippen LogP contribution in [0.1, 0.15) is 31.6 Å². The van der Waals surface area contributed by atoms with E-state index in [4.69, 9.17) is 0 Å². The molecule has 4 nitrogen and oxygen atoms in total. The van der Waals surface area contributed by atoms with Crippen LogP contribution in [0.5, 0.6) is 0 Å². The maximum Gasteiger partial charge on any atom is 0.243 e. The first kappa shape index (κ1) is 15.6. The Bertz CT molecular complexity index is 454. The minimum Gasteiger partial charge on any atom is -0.312 e. The molecule has 1 heterocycles. The van der Waals surface area contributed by atoms with Crippen LogP contribution in [0.4, 0.5) is 0 Å². The molecule has 0 amide bonds. The SMILES string of the molecule is CCCNCc1sccc1S(=O)(=O)N(C)CCC. The van der Waals surface area contributed by atoms with Crippen molar-refractivity contribution in [1.82, 2.24) is 9.62 Å². The molecule has 104 valence electrons. The van der Waals surface area contributed by atoms with E-state index in [1.165, 1.54) is 15.6 Å². The summed E-state index contributed by atoms with van der Waals surface area (Å²) in [5.41, 5.74) is 0. The van der Waals surface area contributed by atoms with Gasteiger partial charge in [0.15, 0.2) is 0 Å². The van der Waals surface area contributed by atoms with Gasteiger partial charge in [0.1, 0.15) is 0 Å². The third-order valence-corrected chi connectivity index (χ3v) is 5.64. The van der Waals surface area contributed by atoms with Crippen LogP contribution in [0.15, 0.2) is 16.3 Å². The second-order valence-electron chi connectivity index (χ2n) is 4.21. The molecule has 0 atom stereocenters. The monoisotopic (exact) mass is 290 g/mol. The van der Waals surface area contributed by atoms with Crippen molar-refractivity contribution in [2.45, 2.75) is 38.1 Å². The number of nitrogens with one attached hydrogen (secondary N) is 1. The van der Waals surface area contributed by atoms with E-state index in [1.54, 1.807) is 13.1 Å². The summed E-state index contributed by atoms with van der Waals surface area (Å²) in [6, 6.07) is 1.70. The zero-order valence-corrected chi connectivity index (χ0v) is 12.9. The van der Waals surface area contributed by atoms with Gasteiger partial charge < -0.3 is 5.32 Å². The Labute approximate surface area is 114 Å². The first-order chi connectivity index (χ1) is 8.54. The smallest absolute Gasteiger partial charge is 0.243 e. The Kier molecular flexibility index (Phi) is 6.28. The number of rotatable bonds is 8. The fourth-order valence-corrected chi connectivity index (χ4v) is 4.31. The Hall–Kier alpha value is -0.430. The molecule has 0 spiro atoms. The summed E-state index contributed by atoms with van der Waals surface area (Å²) in [7, 11) is -1.68. The second-order valence-corrected chi connectivity index (χ2v) is 7.23. The predicted molar refractivity (Wildman–Crippen MR) is 76.4 cm³/mol. The summed E-state index contributed by atoms with van der Waals surface area (Å²) >= 11 is 1.49. The van der Waals surface area contributed by atoms with Crippen LogP contribution in [0.25, 0.3) is 0 Å². The molecule has 0 aliphatic carbocycles. The standard InChI is InChI=1S/C12H22N2O2S2/c1-4-7-13-10-11-12(6-9-17-11)18(15,16)14(3)8-5-2/h6,9,13H,4-5,7-8,10H2,1-3H3. The fraction of sp³-hybridized carbons (Fsp3) is 0.667. The summed E-state index contributed by atoms with van der Waals surface area (Å²) in [4.78, 5) is 1.35. The normalized spacial score (nSPS) is 12.2. The Morgan fingerprint density at radius 1 is 1.33 bits per heavy atom. The topological polar surface area (TPSA) is 49.4 Å². The van der Waals surface area contributed by atoms with Gasteiger partial charge in [-0.1, -0.05) is 13.8 Å².